The van der Waals surface area contributed by atoms with Crippen LogP contribution in [0.15, 0.2) is 24.3 Å². The molecule has 1 aromatic carbocycles. The number of nitrogens with one attached hydrogen (secondary N) is 2. The minimum absolute atomic E-state index is 0.0264. The number of para-hydroxylation sites is 1. The lowest BCUT2D eigenvalue weighted by Gasteiger charge is -2.15. The van der Waals surface area contributed by atoms with Crippen LogP contribution in [0.4, 0.5) is 5.69 Å². The van der Waals surface area contributed by atoms with Crippen LogP contribution < -0.4 is 10.6 Å². The van der Waals surface area contributed by atoms with Crippen LogP contribution in [0.3, 0.4) is 0 Å². The van der Waals surface area contributed by atoms with Crippen molar-refractivity contribution in [2.45, 2.75) is 52.6 Å². The number of rotatable bonds is 7. The van der Waals surface area contributed by atoms with E-state index in [2.05, 4.69) is 24.5 Å². The number of hydrogen-bond donors (Lipinski definition) is 2. The zero-order chi connectivity index (χ0) is 13.4. The Balaban J connectivity index is 2.53. The van der Waals surface area contributed by atoms with Crippen molar-refractivity contribution >= 4 is 11.6 Å². The van der Waals surface area contributed by atoms with Gasteiger partial charge >= 0.3 is 0 Å². The van der Waals surface area contributed by atoms with Crippen LogP contribution in [0.2, 0.25) is 0 Å². The lowest BCUT2D eigenvalue weighted by Crippen LogP contribution is -2.25. The number of hydrogen-bond acceptors (Lipinski definition) is 2. The molecule has 1 amide bonds. The van der Waals surface area contributed by atoms with Crippen LogP contribution in [0.25, 0.3) is 0 Å². The van der Waals surface area contributed by atoms with E-state index >= 15 is 0 Å². The number of benzene rings is 1. The SMILES string of the molecule is CCCCC(C)NCc1ccccc1NC(C)=O. The summed E-state index contributed by atoms with van der Waals surface area (Å²) in [6, 6.07) is 8.43. The Hall–Kier alpha value is -1.35. The van der Waals surface area contributed by atoms with Crippen molar-refractivity contribution in [1.82, 2.24) is 5.32 Å². The van der Waals surface area contributed by atoms with E-state index in [9.17, 15) is 4.79 Å². The third-order valence-corrected chi connectivity index (χ3v) is 2.96. The topological polar surface area (TPSA) is 41.1 Å². The molecule has 0 aliphatic rings. The minimum atomic E-state index is -0.0264. The third-order valence-electron chi connectivity index (χ3n) is 2.96. The second-order valence-electron chi connectivity index (χ2n) is 4.76. The van der Waals surface area contributed by atoms with Crippen LogP contribution in [0.1, 0.15) is 45.6 Å². The molecule has 1 rings (SSSR count). The number of anilines is 1. The van der Waals surface area contributed by atoms with Crippen molar-refractivity contribution in [3.8, 4) is 0 Å². The average molecular weight is 248 g/mol. The van der Waals surface area contributed by atoms with Gasteiger partial charge in [-0.25, -0.2) is 0 Å². The van der Waals surface area contributed by atoms with Gasteiger partial charge in [0.15, 0.2) is 0 Å². The molecule has 0 spiro atoms. The summed E-state index contributed by atoms with van der Waals surface area (Å²) in [7, 11) is 0. The van der Waals surface area contributed by atoms with Crippen molar-refractivity contribution in [1.29, 1.82) is 0 Å². The number of unbranched alkanes of at least 4 members (excludes halogenated alkanes) is 1. The summed E-state index contributed by atoms with van der Waals surface area (Å²) in [6.45, 7) is 6.74. The molecular formula is C15H24N2O. The van der Waals surface area contributed by atoms with E-state index in [1.54, 1.807) is 0 Å². The maximum absolute atomic E-state index is 11.1. The molecule has 3 heteroatoms. The van der Waals surface area contributed by atoms with Gasteiger partial charge in [0, 0.05) is 25.2 Å². The lowest BCUT2D eigenvalue weighted by molar-refractivity contribution is -0.114. The molecule has 0 saturated heterocycles. The molecular weight excluding hydrogens is 224 g/mol. The molecule has 2 N–H and O–H groups in total. The Morgan fingerprint density at radius 1 is 1.33 bits per heavy atom. The smallest absolute Gasteiger partial charge is 0.221 e. The summed E-state index contributed by atoms with van der Waals surface area (Å²) < 4.78 is 0. The van der Waals surface area contributed by atoms with E-state index in [1.165, 1.54) is 26.2 Å². The normalized spacial score (nSPS) is 12.2. The summed E-state index contributed by atoms with van der Waals surface area (Å²) >= 11 is 0. The van der Waals surface area contributed by atoms with Gasteiger partial charge in [0.25, 0.3) is 0 Å². The monoisotopic (exact) mass is 248 g/mol. The number of carbonyl (C=O) groups excluding carboxylic acids is 1. The van der Waals surface area contributed by atoms with Crippen molar-refractivity contribution in [2.24, 2.45) is 0 Å². The molecule has 0 heterocycles. The van der Waals surface area contributed by atoms with Gasteiger partial charge in [0.1, 0.15) is 0 Å². The van der Waals surface area contributed by atoms with Gasteiger partial charge in [-0.3, -0.25) is 4.79 Å². The minimum Gasteiger partial charge on any atom is -0.326 e. The Kier molecular flexibility index (Phi) is 6.44. The first-order valence-corrected chi connectivity index (χ1v) is 6.72. The highest BCUT2D eigenvalue weighted by Crippen LogP contribution is 2.15. The second kappa shape index (κ2) is 7.88. The molecule has 1 atom stereocenters. The largest absolute Gasteiger partial charge is 0.326 e. The second-order valence-corrected chi connectivity index (χ2v) is 4.76. The highest BCUT2D eigenvalue weighted by molar-refractivity contribution is 5.89. The van der Waals surface area contributed by atoms with Gasteiger partial charge < -0.3 is 10.6 Å². The van der Waals surface area contributed by atoms with Gasteiger partial charge in [-0.05, 0) is 25.0 Å². The molecule has 0 aliphatic heterocycles. The van der Waals surface area contributed by atoms with Crippen molar-refractivity contribution in [2.75, 3.05) is 5.32 Å². The Bertz CT molecular complexity index is 377. The van der Waals surface area contributed by atoms with E-state index in [4.69, 9.17) is 0 Å². The van der Waals surface area contributed by atoms with Gasteiger partial charge in [0.05, 0.1) is 0 Å². The van der Waals surface area contributed by atoms with Crippen LogP contribution in [0, 0.1) is 0 Å². The Morgan fingerprint density at radius 3 is 2.72 bits per heavy atom. The summed E-state index contributed by atoms with van der Waals surface area (Å²) in [4.78, 5) is 11.1. The fourth-order valence-electron chi connectivity index (χ4n) is 1.88. The summed E-state index contributed by atoms with van der Waals surface area (Å²) in [5.41, 5.74) is 2.04. The standard InChI is InChI=1S/C15H24N2O/c1-4-5-8-12(2)16-11-14-9-6-7-10-15(14)17-13(3)18/h6-7,9-10,12,16H,4-5,8,11H2,1-3H3,(H,17,18). The quantitative estimate of drug-likeness (QED) is 0.777. The molecule has 3 nitrogen and oxygen atoms in total. The van der Waals surface area contributed by atoms with Crippen molar-refractivity contribution in [3.63, 3.8) is 0 Å². The molecule has 0 fully saturated rings. The fraction of sp³-hybridized carbons (Fsp3) is 0.533. The molecule has 0 saturated carbocycles. The van der Waals surface area contributed by atoms with Gasteiger partial charge in [-0.2, -0.15) is 0 Å². The Labute approximate surface area is 110 Å². The summed E-state index contributed by atoms with van der Waals surface area (Å²) in [5, 5.41) is 6.36. The first-order chi connectivity index (χ1) is 8.63. The molecule has 1 unspecified atom stereocenters. The average Bonchev–Trinajstić information content (AvgIpc) is 2.34. The van der Waals surface area contributed by atoms with E-state index in [0.717, 1.165) is 17.8 Å². The zero-order valence-electron chi connectivity index (χ0n) is 11.6. The molecule has 0 aromatic heterocycles. The molecule has 18 heavy (non-hydrogen) atoms. The van der Waals surface area contributed by atoms with E-state index < -0.39 is 0 Å². The molecule has 0 bridgehead atoms. The number of carbonyl (C=O) groups is 1. The van der Waals surface area contributed by atoms with Gasteiger partial charge in [-0.1, -0.05) is 38.0 Å². The summed E-state index contributed by atoms with van der Waals surface area (Å²) in [5.74, 6) is -0.0264. The van der Waals surface area contributed by atoms with Crippen LogP contribution in [0.5, 0.6) is 0 Å². The number of amides is 1. The summed E-state index contributed by atoms with van der Waals surface area (Å²) in [6.07, 6.45) is 3.68. The predicted molar refractivity (Wildman–Crippen MR) is 76.6 cm³/mol. The van der Waals surface area contributed by atoms with Crippen LogP contribution in [-0.2, 0) is 11.3 Å². The highest BCUT2D eigenvalue weighted by atomic mass is 16.1. The first-order valence-electron chi connectivity index (χ1n) is 6.72. The van der Waals surface area contributed by atoms with Crippen molar-refractivity contribution in [3.05, 3.63) is 29.8 Å². The van der Waals surface area contributed by atoms with E-state index in [-0.39, 0.29) is 5.91 Å². The molecule has 0 aliphatic carbocycles. The predicted octanol–water partition coefficient (Wildman–Crippen LogP) is 3.31. The molecule has 100 valence electrons. The van der Waals surface area contributed by atoms with Crippen LogP contribution >= 0.6 is 0 Å². The maximum Gasteiger partial charge on any atom is 0.221 e. The first kappa shape index (κ1) is 14.7. The fourth-order valence-corrected chi connectivity index (χ4v) is 1.88. The lowest BCUT2D eigenvalue weighted by atomic mass is 10.1. The third kappa shape index (κ3) is 5.32. The van der Waals surface area contributed by atoms with Gasteiger partial charge in [-0.15, -0.1) is 0 Å². The molecule has 1 aromatic rings. The molecule has 0 radical (unpaired) electrons. The van der Waals surface area contributed by atoms with Gasteiger partial charge in [0.2, 0.25) is 5.91 Å². The van der Waals surface area contributed by atoms with E-state index in [1.807, 2.05) is 24.3 Å². The van der Waals surface area contributed by atoms with E-state index in [0.29, 0.717) is 6.04 Å². The van der Waals surface area contributed by atoms with Crippen molar-refractivity contribution < 1.29 is 4.79 Å². The van der Waals surface area contributed by atoms with Crippen LogP contribution in [-0.4, -0.2) is 11.9 Å². The highest BCUT2D eigenvalue weighted by Gasteiger charge is 2.05. The zero-order valence-corrected chi connectivity index (χ0v) is 11.6. The Morgan fingerprint density at radius 2 is 2.06 bits per heavy atom. The maximum atomic E-state index is 11.1.